The van der Waals surface area contributed by atoms with Gasteiger partial charge >= 0.3 is 0 Å². The van der Waals surface area contributed by atoms with E-state index in [4.69, 9.17) is 10.5 Å². The van der Waals surface area contributed by atoms with Crippen LogP contribution < -0.4 is 5.73 Å². The van der Waals surface area contributed by atoms with Gasteiger partial charge in [0.25, 0.3) is 0 Å². The van der Waals surface area contributed by atoms with Crippen molar-refractivity contribution in [3.63, 3.8) is 0 Å². The van der Waals surface area contributed by atoms with Crippen LogP contribution >= 0.6 is 0 Å². The van der Waals surface area contributed by atoms with Crippen LogP contribution in [-0.4, -0.2) is 12.7 Å². The Morgan fingerprint density at radius 3 is 3.07 bits per heavy atom. The van der Waals surface area contributed by atoms with E-state index in [0.29, 0.717) is 6.10 Å². The number of anilines is 1. The first-order valence-electron chi connectivity index (χ1n) is 5.30. The van der Waals surface area contributed by atoms with Crippen LogP contribution in [0.15, 0.2) is 24.3 Å². The Kier molecular flexibility index (Phi) is 3.04. The first-order chi connectivity index (χ1) is 6.84. The topological polar surface area (TPSA) is 35.2 Å². The number of rotatable bonds is 3. The Balaban J connectivity index is 1.85. The molecule has 2 rings (SSSR count). The van der Waals surface area contributed by atoms with E-state index in [1.165, 1.54) is 18.4 Å². The van der Waals surface area contributed by atoms with E-state index in [9.17, 15) is 0 Å². The summed E-state index contributed by atoms with van der Waals surface area (Å²) in [5.41, 5.74) is 7.89. The van der Waals surface area contributed by atoms with E-state index in [-0.39, 0.29) is 0 Å². The minimum Gasteiger partial charge on any atom is -0.399 e. The van der Waals surface area contributed by atoms with E-state index in [0.717, 1.165) is 25.1 Å². The normalized spacial score (nSPS) is 21.3. The molecule has 0 spiro atoms. The van der Waals surface area contributed by atoms with Crippen LogP contribution in [0.1, 0.15) is 24.8 Å². The van der Waals surface area contributed by atoms with Gasteiger partial charge in [0.15, 0.2) is 0 Å². The Morgan fingerprint density at radius 1 is 1.43 bits per heavy atom. The van der Waals surface area contributed by atoms with Crippen LogP contribution in [0.4, 0.5) is 5.69 Å². The highest BCUT2D eigenvalue weighted by atomic mass is 16.5. The van der Waals surface area contributed by atoms with Crippen molar-refractivity contribution in [3.8, 4) is 0 Å². The zero-order chi connectivity index (χ0) is 9.80. The fourth-order valence-corrected chi connectivity index (χ4v) is 1.95. The molecule has 76 valence electrons. The SMILES string of the molecule is Nc1cccc(CCC2CCCO2)c1. The number of aryl methyl sites for hydroxylation is 1. The third-order valence-electron chi connectivity index (χ3n) is 2.73. The summed E-state index contributed by atoms with van der Waals surface area (Å²) in [6.45, 7) is 0.946. The van der Waals surface area contributed by atoms with Crippen molar-refractivity contribution < 1.29 is 4.74 Å². The number of ether oxygens (including phenoxy) is 1. The predicted octanol–water partition coefficient (Wildman–Crippen LogP) is 2.38. The summed E-state index contributed by atoms with van der Waals surface area (Å²) < 4.78 is 5.57. The number of nitrogen functional groups attached to an aromatic ring is 1. The molecule has 1 aliphatic rings. The van der Waals surface area contributed by atoms with Crippen LogP contribution in [0.5, 0.6) is 0 Å². The second kappa shape index (κ2) is 4.47. The smallest absolute Gasteiger partial charge is 0.0579 e. The number of hydrogen-bond donors (Lipinski definition) is 1. The standard InChI is InChI=1S/C12H17NO/c13-11-4-1-3-10(9-11)6-7-12-5-2-8-14-12/h1,3-4,9,12H,2,5-8,13H2. The average molecular weight is 191 g/mol. The minimum absolute atomic E-state index is 0.483. The minimum atomic E-state index is 0.483. The molecular weight excluding hydrogens is 174 g/mol. The monoisotopic (exact) mass is 191 g/mol. The molecular formula is C12H17NO. The molecule has 0 aromatic heterocycles. The second-order valence-electron chi connectivity index (χ2n) is 3.92. The van der Waals surface area contributed by atoms with E-state index in [1.54, 1.807) is 0 Å². The van der Waals surface area contributed by atoms with Gasteiger partial charge in [0.2, 0.25) is 0 Å². The van der Waals surface area contributed by atoms with Crippen LogP contribution in [0.2, 0.25) is 0 Å². The largest absolute Gasteiger partial charge is 0.399 e. The first-order valence-corrected chi connectivity index (χ1v) is 5.30. The predicted molar refractivity (Wildman–Crippen MR) is 58.1 cm³/mol. The Bertz CT molecular complexity index is 292. The van der Waals surface area contributed by atoms with E-state index in [2.05, 4.69) is 12.1 Å². The molecule has 1 unspecified atom stereocenters. The average Bonchev–Trinajstić information content (AvgIpc) is 2.67. The Labute approximate surface area is 85.1 Å². The van der Waals surface area contributed by atoms with Gasteiger partial charge in [0.05, 0.1) is 6.10 Å². The van der Waals surface area contributed by atoms with E-state index < -0.39 is 0 Å². The van der Waals surface area contributed by atoms with Gasteiger partial charge in [-0.05, 0) is 43.4 Å². The lowest BCUT2D eigenvalue weighted by molar-refractivity contribution is 0.104. The molecule has 1 heterocycles. The molecule has 2 nitrogen and oxygen atoms in total. The molecule has 2 heteroatoms. The summed E-state index contributed by atoms with van der Waals surface area (Å²) in [7, 11) is 0. The molecule has 14 heavy (non-hydrogen) atoms. The van der Waals surface area contributed by atoms with Crippen LogP contribution in [0, 0.1) is 0 Å². The Hall–Kier alpha value is -1.02. The van der Waals surface area contributed by atoms with Gasteiger partial charge < -0.3 is 10.5 Å². The first kappa shape index (κ1) is 9.53. The summed E-state index contributed by atoms with van der Waals surface area (Å²) in [6, 6.07) is 8.12. The molecule has 1 aliphatic heterocycles. The molecule has 1 aromatic rings. The van der Waals surface area contributed by atoms with Crippen molar-refractivity contribution >= 4 is 5.69 Å². The highest BCUT2D eigenvalue weighted by molar-refractivity contribution is 5.40. The summed E-state index contributed by atoms with van der Waals surface area (Å²) >= 11 is 0. The van der Waals surface area contributed by atoms with E-state index in [1.807, 2.05) is 12.1 Å². The van der Waals surface area contributed by atoms with Crippen molar-refractivity contribution in [2.24, 2.45) is 0 Å². The zero-order valence-corrected chi connectivity index (χ0v) is 8.41. The highest BCUT2D eigenvalue weighted by Gasteiger charge is 2.14. The van der Waals surface area contributed by atoms with Gasteiger partial charge in [-0.3, -0.25) is 0 Å². The van der Waals surface area contributed by atoms with Crippen molar-refractivity contribution in [1.29, 1.82) is 0 Å². The molecule has 0 aliphatic carbocycles. The number of nitrogens with two attached hydrogens (primary N) is 1. The third kappa shape index (κ3) is 2.48. The molecule has 0 bridgehead atoms. The lowest BCUT2D eigenvalue weighted by atomic mass is 10.0. The quantitative estimate of drug-likeness (QED) is 0.744. The lowest BCUT2D eigenvalue weighted by Gasteiger charge is -2.08. The molecule has 1 aromatic carbocycles. The number of hydrogen-bond acceptors (Lipinski definition) is 2. The highest BCUT2D eigenvalue weighted by Crippen LogP contribution is 2.18. The van der Waals surface area contributed by atoms with Gasteiger partial charge in [-0.25, -0.2) is 0 Å². The van der Waals surface area contributed by atoms with Crippen LogP contribution in [0.3, 0.4) is 0 Å². The number of benzene rings is 1. The fourth-order valence-electron chi connectivity index (χ4n) is 1.95. The van der Waals surface area contributed by atoms with Crippen molar-refractivity contribution in [1.82, 2.24) is 0 Å². The lowest BCUT2D eigenvalue weighted by Crippen LogP contribution is -2.06. The molecule has 1 fully saturated rings. The summed E-state index contributed by atoms with van der Waals surface area (Å²) in [5, 5.41) is 0. The molecule has 0 amide bonds. The second-order valence-corrected chi connectivity index (χ2v) is 3.92. The van der Waals surface area contributed by atoms with Crippen molar-refractivity contribution in [2.75, 3.05) is 12.3 Å². The maximum atomic E-state index is 5.71. The van der Waals surface area contributed by atoms with Crippen LogP contribution in [-0.2, 0) is 11.2 Å². The Morgan fingerprint density at radius 2 is 2.36 bits per heavy atom. The fraction of sp³-hybridized carbons (Fsp3) is 0.500. The maximum Gasteiger partial charge on any atom is 0.0579 e. The van der Waals surface area contributed by atoms with Crippen LogP contribution in [0.25, 0.3) is 0 Å². The van der Waals surface area contributed by atoms with Crippen molar-refractivity contribution in [2.45, 2.75) is 31.8 Å². The van der Waals surface area contributed by atoms with Gasteiger partial charge in [-0.2, -0.15) is 0 Å². The molecule has 0 radical (unpaired) electrons. The molecule has 1 saturated heterocycles. The van der Waals surface area contributed by atoms with Gasteiger partial charge in [0.1, 0.15) is 0 Å². The molecule has 2 N–H and O–H groups in total. The summed E-state index contributed by atoms with van der Waals surface area (Å²) in [5.74, 6) is 0. The summed E-state index contributed by atoms with van der Waals surface area (Å²) in [6.07, 6.45) is 5.14. The zero-order valence-electron chi connectivity index (χ0n) is 8.41. The van der Waals surface area contributed by atoms with Gasteiger partial charge in [-0.15, -0.1) is 0 Å². The van der Waals surface area contributed by atoms with Gasteiger partial charge in [0, 0.05) is 12.3 Å². The van der Waals surface area contributed by atoms with Crippen molar-refractivity contribution in [3.05, 3.63) is 29.8 Å². The molecule has 1 atom stereocenters. The van der Waals surface area contributed by atoms with E-state index >= 15 is 0 Å². The third-order valence-corrected chi connectivity index (χ3v) is 2.73. The molecule has 0 saturated carbocycles. The maximum absolute atomic E-state index is 5.71. The van der Waals surface area contributed by atoms with Gasteiger partial charge in [-0.1, -0.05) is 12.1 Å². The summed E-state index contributed by atoms with van der Waals surface area (Å²) in [4.78, 5) is 0.